The van der Waals surface area contributed by atoms with Gasteiger partial charge in [-0.2, -0.15) is 0 Å². The number of unbranched alkanes of at least 4 members (excludes halogenated alkanes) is 1. The van der Waals surface area contributed by atoms with E-state index in [0.29, 0.717) is 17.8 Å². The number of rotatable bonds is 9. The summed E-state index contributed by atoms with van der Waals surface area (Å²) < 4.78 is 14.1. The smallest absolute Gasteiger partial charge is 0.333 e. The third-order valence-corrected chi connectivity index (χ3v) is 2.16. The Morgan fingerprint density at radius 2 is 1.30 bits per heavy atom. The molecule has 0 fully saturated rings. The molecule has 0 radical (unpaired) electrons. The van der Waals surface area contributed by atoms with Crippen LogP contribution >= 0.6 is 0 Å². The standard InChI is InChI=1S/C10H14O4.C7H12O2/c1-7(2)9(11)13-5-6-14-10(12)8(3)4;1-3-5-6-9-7(8)4-2/h1,3,5-6H2,2,4H3;4H,2-3,5-6H2,1H3. The molecule has 0 aliphatic carbocycles. The molecule has 6 nitrogen and oxygen atoms in total. The van der Waals surface area contributed by atoms with E-state index in [4.69, 9.17) is 0 Å². The monoisotopic (exact) mass is 326 g/mol. The zero-order valence-corrected chi connectivity index (χ0v) is 14.2. The lowest BCUT2D eigenvalue weighted by molar-refractivity contribution is -0.147. The van der Waals surface area contributed by atoms with Crippen LogP contribution in [0.2, 0.25) is 0 Å². The van der Waals surface area contributed by atoms with Gasteiger partial charge in [0.05, 0.1) is 6.61 Å². The molecule has 0 spiro atoms. The summed E-state index contributed by atoms with van der Waals surface area (Å²) in [4.78, 5) is 32.0. The van der Waals surface area contributed by atoms with Crippen LogP contribution in [0.3, 0.4) is 0 Å². The van der Waals surface area contributed by atoms with Gasteiger partial charge in [0.1, 0.15) is 13.2 Å². The molecule has 0 heterocycles. The van der Waals surface area contributed by atoms with E-state index >= 15 is 0 Å². The summed E-state index contributed by atoms with van der Waals surface area (Å²) in [5.41, 5.74) is 0.632. The van der Waals surface area contributed by atoms with Crippen LogP contribution in [0.15, 0.2) is 37.0 Å². The minimum atomic E-state index is -0.489. The molecular formula is C17H26O6. The molecule has 0 rings (SSSR count). The second-order valence-electron chi connectivity index (χ2n) is 4.56. The molecule has 23 heavy (non-hydrogen) atoms. The highest BCUT2D eigenvalue weighted by atomic mass is 16.6. The predicted octanol–water partition coefficient (Wildman–Crippen LogP) is 2.74. The van der Waals surface area contributed by atoms with Gasteiger partial charge < -0.3 is 14.2 Å². The molecule has 0 N–H and O–H groups in total. The third-order valence-electron chi connectivity index (χ3n) is 2.16. The molecule has 6 heteroatoms. The van der Waals surface area contributed by atoms with Crippen LogP contribution in [0.5, 0.6) is 0 Å². The molecule has 0 aromatic heterocycles. The summed E-state index contributed by atoms with van der Waals surface area (Å²) in [6, 6.07) is 0. The molecule has 0 aromatic carbocycles. The number of hydrogen-bond acceptors (Lipinski definition) is 6. The Kier molecular flexibility index (Phi) is 14.5. The lowest BCUT2D eigenvalue weighted by atomic mass is 10.4. The highest BCUT2D eigenvalue weighted by molar-refractivity contribution is 5.87. The van der Waals surface area contributed by atoms with Crippen molar-refractivity contribution in [3.05, 3.63) is 37.0 Å². The fraction of sp³-hybridized carbons (Fsp3) is 0.471. The van der Waals surface area contributed by atoms with Gasteiger partial charge in [-0.1, -0.05) is 33.1 Å². The fourth-order valence-corrected chi connectivity index (χ4v) is 0.891. The number of carbonyl (C=O) groups excluding carboxylic acids is 3. The van der Waals surface area contributed by atoms with Crippen LogP contribution in [-0.4, -0.2) is 37.7 Å². The van der Waals surface area contributed by atoms with Crippen molar-refractivity contribution in [2.75, 3.05) is 19.8 Å². The third kappa shape index (κ3) is 15.8. The first kappa shape index (κ1) is 22.9. The van der Waals surface area contributed by atoms with Gasteiger partial charge in [-0.25, -0.2) is 14.4 Å². The number of esters is 3. The molecule has 0 atom stereocenters. The largest absolute Gasteiger partial charge is 0.463 e. The van der Waals surface area contributed by atoms with Crippen LogP contribution in [0.25, 0.3) is 0 Å². The first-order valence-corrected chi connectivity index (χ1v) is 7.20. The van der Waals surface area contributed by atoms with E-state index in [2.05, 4.69) is 33.9 Å². The zero-order valence-electron chi connectivity index (χ0n) is 14.2. The molecular weight excluding hydrogens is 300 g/mol. The Bertz CT molecular complexity index is 408. The second kappa shape index (κ2) is 14.6. The summed E-state index contributed by atoms with van der Waals surface area (Å²) in [5, 5.41) is 0. The maximum atomic E-state index is 10.8. The first-order valence-electron chi connectivity index (χ1n) is 7.20. The van der Waals surface area contributed by atoms with Gasteiger partial charge in [0, 0.05) is 17.2 Å². The number of carbonyl (C=O) groups is 3. The van der Waals surface area contributed by atoms with Crippen molar-refractivity contribution in [2.24, 2.45) is 0 Å². The molecule has 0 saturated carbocycles. The second-order valence-corrected chi connectivity index (χ2v) is 4.56. The average Bonchev–Trinajstić information content (AvgIpc) is 2.51. The maximum absolute atomic E-state index is 10.8. The van der Waals surface area contributed by atoms with E-state index in [1.807, 2.05) is 6.92 Å². The minimum Gasteiger partial charge on any atom is -0.463 e. The van der Waals surface area contributed by atoms with Gasteiger partial charge in [-0.3, -0.25) is 0 Å². The fourth-order valence-electron chi connectivity index (χ4n) is 0.891. The van der Waals surface area contributed by atoms with Crippen molar-refractivity contribution in [1.82, 2.24) is 0 Å². The van der Waals surface area contributed by atoms with E-state index in [1.54, 1.807) is 13.8 Å². The van der Waals surface area contributed by atoms with Gasteiger partial charge in [0.15, 0.2) is 0 Å². The Morgan fingerprint density at radius 1 is 0.870 bits per heavy atom. The first-order chi connectivity index (χ1) is 10.8. The summed E-state index contributed by atoms with van der Waals surface area (Å²) in [6.07, 6.45) is 3.15. The molecule has 0 saturated heterocycles. The normalized spacial score (nSPS) is 8.83. The molecule has 0 aliphatic rings. The van der Waals surface area contributed by atoms with Crippen LogP contribution < -0.4 is 0 Å². The summed E-state index contributed by atoms with van der Waals surface area (Å²) >= 11 is 0. The lowest BCUT2D eigenvalue weighted by Gasteiger charge is -2.05. The average molecular weight is 326 g/mol. The Labute approximate surface area is 137 Å². The molecule has 0 bridgehead atoms. The highest BCUT2D eigenvalue weighted by Crippen LogP contribution is 1.94. The summed E-state index contributed by atoms with van der Waals surface area (Å²) in [5.74, 6) is -1.31. The van der Waals surface area contributed by atoms with Gasteiger partial charge in [-0.15, -0.1) is 0 Å². The molecule has 0 aliphatic heterocycles. The molecule has 130 valence electrons. The van der Waals surface area contributed by atoms with Crippen molar-refractivity contribution < 1.29 is 28.6 Å². The van der Waals surface area contributed by atoms with E-state index in [9.17, 15) is 14.4 Å². The van der Waals surface area contributed by atoms with Gasteiger partial charge in [0.25, 0.3) is 0 Å². The van der Waals surface area contributed by atoms with Crippen molar-refractivity contribution in [2.45, 2.75) is 33.6 Å². The summed E-state index contributed by atoms with van der Waals surface area (Å²) in [7, 11) is 0. The Morgan fingerprint density at radius 3 is 1.61 bits per heavy atom. The topological polar surface area (TPSA) is 78.9 Å². The number of hydrogen-bond donors (Lipinski definition) is 0. The lowest BCUT2D eigenvalue weighted by Crippen LogP contribution is -2.14. The van der Waals surface area contributed by atoms with Gasteiger partial charge in [-0.05, 0) is 20.3 Å². The van der Waals surface area contributed by atoms with Crippen molar-refractivity contribution in [3.63, 3.8) is 0 Å². The predicted molar refractivity (Wildman–Crippen MR) is 87.6 cm³/mol. The van der Waals surface area contributed by atoms with E-state index in [-0.39, 0.29) is 19.2 Å². The quantitative estimate of drug-likeness (QED) is 0.280. The van der Waals surface area contributed by atoms with Crippen LogP contribution in [-0.2, 0) is 28.6 Å². The maximum Gasteiger partial charge on any atom is 0.333 e. The van der Waals surface area contributed by atoms with Crippen LogP contribution in [0.4, 0.5) is 0 Å². The number of ether oxygens (including phenoxy) is 3. The SMILES string of the molecule is C=C(C)C(=O)OCCOC(=O)C(=C)C.C=CC(=O)OCCCC. The molecule has 0 unspecified atom stereocenters. The minimum absolute atomic E-state index is 0.0325. The van der Waals surface area contributed by atoms with Gasteiger partial charge >= 0.3 is 17.9 Å². The van der Waals surface area contributed by atoms with Gasteiger partial charge in [0.2, 0.25) is 0 Å². The molecule has 0 aromatic rings. The Balaban J connectivity index is 0. The van der Waals surface area contributed by atoms with Crippen LogP contribution in [0.1, 0.15) is 33.6 Å². The molecule has 0 amide bonds. The highest BCUT2D eigenvalue weighted by Gasteiger charge is 2.05. The summed E-state index contributed by atoms with van der Waals surface area (Å²) in [6.45, 7) is 15.8. The van der Waals surface area contributed by atoms with E-state index in [1.165, 1.54) is 6.08 Å². The van der Waals surface area contributed by atoms with Crippen molar-refractivity contribution in [1.29, 1.82) is 0 Å². The zero-order chi connectivity index (χ0) is 18.3. The van der Waals surface area contributed by atoms with E-state index < -0.39 is 11.9 Å². The Hall–Kier alpha value is -2.37. The van der Waals surface area contributed by atoms with Crippen LogP contribution in [0, 0.1) is 0 Å². The van der Waals surface area contributed by atoms with Crippen molar-refractivity contribution >= 4 is 17.9 Å². The van der Waals surface area contributed by atoms with Crippen molar-refractivity contribution in [3.8, 4) is 0 Å². The van der Waals surface area contributed by atoms with E-state index in [0.717, 1.165) is 12.8 Å².